The Morgan fingerprint density at radius 2 is 2.17 bits per heavy atom. The molecule has 0 bridgehead atoms. The van der Waals surface area contributed by atoms with Crippen molar-refractivity contribution in [2.75, 3.05) is 6.61 Å². The first-order chi connectivity index (χ1) is 8.65. The second-order valence-corrected chi connectivity index (χ2v) is 5.11. The summed E-state index contributed by atoms with van der Waals surface area (Å²) in [6.45, 7) is 3.84. The Labute approximate surface area is 106 Å². The molecule has 0 aliphatic heterocycles. The average Bonchev–Trinajstić information content (AvgIpc) is 2.91. The van der Waals surface area contributed by atoms with Crippen molar-refractivity contribution in [2.45, 2.75) is 26.2 Å². The Hall–Kier alpha value is -1.64. The molecule has 0 spiro atoms. The van der Waals surface area contributed by atoms with Gasteiger partial charge in [-0.1, -0.05) is 18.2 Å². The highest BCUT2D eigenvalue weighted by Gasteiger charge is 2.61. The summed E-state index contributed by atoms with van der Waals surface area (Å²) in [7, 11) is 0. The average molecular weight is 244 g/mol. The van der Waals surface area contributed by atoms with E-state index in [0.717, 1.165) is 17.5 Å². The van der Waals surface area contributed by atoms with Gasteiger partial charge in [-0.3, -0.25) is 9.59 Å². The third kappa shape index (κ3) is 1.50. The maximum Gasteiger partial charge on any atom is 0.309 e. The SMILES string of the molecule is CCOC(=O)[C@@H]1[C@H]2Cc3cccc(C(C)=O)c3[C@H]21. The van der Waals surface area contributed by atoms with Crippen LogP contribution >= 0.6 is 0 Å². The number of esters is 1. The maximum atomic E-state index is 11.8. The summed E-state index contributed by atoms with van der Waals surface area (Å²) in [4.78, 5) is 23.5. The van der Waals surface area contributed by atoms with Crippen LogP contribution in [0, 0.1) is 11.8 Å². The number of carbonyl (C=O) groups excluding carboxylic acids is 2. The first-order valence-electron chi connectivity index (χ1n) is 6.44. The van der Waals surface area contributed by atoms with Gasteiger partial charge in [0.05, 0.1) is 12.5 Å². The molecular weight excluding hydrogens is 228 g/mol. The van der Waals surface area contributed by atoms with E-state index in [1.54, 1.807) is 6.92 Å². The predicted octanol–water partition coefficient (Wildman–Crippen LogP) is 2.34. The molecule has 2 aliphatic rings. The molecule has 1 aromatic carbocycles. The summed E-state index contributed by atoms with van der Waals surface area (Å²) in [6.07, 6.45) is 0.907. The molecular formula is C15H16O3. The van der Waals surface area contributed by atoms with E-state index in [1.165, 1.54) is 5.56 Å². The number of carbonyl (C=O) groups is 2. The van der Waals surface area contributed by atoms with E-state index in [-0.39, 0.29) is 23.6 Å². The lowest BCUT2D eigenvalue weighted by Crippen LogP contribution is -2.12. The highest BCUT2D eigenvalue weighted by molar-refractivity contribution is 5.97. The molecule has 0 heterocycles. The van der Waals surface area contributed by atoms with E-state index < -0.39 is 0 Å². The Morgan fingerprint density at radius 3 is 2.83 bits per heavy atom. The zero-order valence-corrected chi connectivity index (χ0v) is 10.6. The van der Waals surface area contributed by atoms with Crippen molar-refractivity contribution in [3.05, 3.63) is 34.9 Å². The fourth-order valence-electron chi connectivity index (χ4n) is 3.33. The number of Topliss-reactive ketones (excluding diaryl/α,β-unsaturated/α-hetero) is 1. The molecule has 0 radical (unpaired) electrons. The number of ketones is 1. The highest BCUT2D eigenvalue weighted by atomic mass is 16.5. The number of fused-ring (bicyclic) bond motifs is 3. The lowest BCUT2D eigenvalue weighted by atomic mass is 9.95. The second kappa shape index (κ2) is 3.94. The Bertz CT molecular complexity index is 533. The molecule has 0 aromatic heterocycles. The zero-order chi connectivity index (χ0) is 12.9. The fraction of sp³-hybridized carbons (Fsp3) is 0.467. The molecule has 3 nitrogen and oxygen atoms in total. The normalized spacial score (nSPS) is 27.3. The van der Waals surface area contributed by atoms with Gasteiger partial charge in [0, 0.05) is 11.5 Å². The van der Waals surface area contributed by atoms with Crippen molar-refractivity contribution >= 4 is 11.8 Å². The molecule has 0 amide bonds. The Balaban J connectivity index is 1.93. The summed E-state index contributed by atoms with van der Waals surface area (Å²) in [5.74, 6) is 0.551. The van der Waals surface area contributed by atoms with Gasteiger partial charge in [-0.2, -0.15) is 0 Å². The number of hydrogen-bond donors (Lipinski definition) is 0. The van der Waals surface area contributed by atoms with Crippen LogP contribution in [0.15, 0.2) is 18.2 Å². The van der Waals surface area contributed by atoms with Gasteiger partial charge in [0.2, 0.25) is 0 Å². The summed E-state index contributed by atoms with van der Waals surface area (Å²) in [5, 5.41) is 0. The van der Waals surface area contributed by atoms with Crippen molar-refractivity contribution in [3.8, 4) is 0 Å². The molecule has 3 heteroatoms. The fourth-order valence-corrected chi connectivity index (χ4v) is 3.33. The molecule has 1 fully saturated rings. The Kier molecular flexibility index (Phi) is 2.51. The first-order valence-corrected chi connectivity index (χ1v) is 6.44. The molecule has 1 saturated carbocycles. The van der Waals surface area contributed by atoms with Gasteiger partial charge in [0.15, 0.2) is 5.78 Å². The van der Waals surface area contributed by atoms with Gasteiger partial charge < -0.3 is 4.74 Å². The second-order valence-electron chi connectivity index (χ2n) is 5.11. The zero-order valence-electron chi connectivity index (χ0n) is 10.6. The lowest BCUT2D eigenvalue weighted by Gasteiger charge is -2.10. The van der Waals surface area contributed by atoms with Gasteiger partial charge in [-0.25, -0.2) is 0 Å². The topological polar surface area (TPSA) is 43.4 Å². The van der Waals surface area contributed by atoms with Crippen LogP contribution in [0.4, 0.5) is 0 Å². The number of ether oxygens (including phenoxy) is 1. The van der Waals surface area contributed by atoms with Crippen LogP contribution in [0.25, 0.3) is 0 Å². The molecule has 3 rings (SSSR count). The first kappa shape index (κ1) is 11.5. The van der Waals surface area contributed by atoms with Crippen LogP contribution in [0.3, 0.4) is 0 Å². The van der Waals surface area contributed by atoms with Gasteiger partial charge in [-0.05, 0) is 37.3 Å². The third-order valence-electron chi connectivity index (χ3n) is 4.09. The van der Waals surface area contributed by atoms with Crippen molar-refractivity contribution in [2.24, 2.45) is 11.8 Å². The predicted molar refractivity (Wildman–Crippen MR) is 66.5 cm³/mol. The number of hydrogen-bond acceptors (Lipinski definition) is 3. The van der Waals surface area contributed by atoms with E-state index >= 15 is 0 Å². The van der Waals surface area contributed by atoms with Gasteiger partial charge in [0.1, 0.15) is 0 Å². The molecule has 0 N–H and O–H groups in total. The highest BCUT2D eigenvalue weighted by Crippen LogP contribution is 2.62. The summed E-state index contributed by atoms with van der Waals surface area (Å²) >= 11 is 0. The third-order valence-corrected chi connectivity index (χ3v) is 4.09. The van der Waals surface area contributed by atoms with Crippen molar-refractivity contribution in [3.63, 3.8) is 0 Å². The molecule has 18 heavy (non-hydrogen) atoms. The van der Waals surface area contributed by atoms with Crippen molar-refractivity contribution in [1.82, 2.24) is 0 Å². The minimum atomic E-state index is -0.100. The van der Waals surface area contributed by atoms with Crippen LogP contribution in [-0.2, 0) is 16.0 Å². The van der Waals surface area contributed by atoms with Crippen molar-refractivity contribution < 1.29 is 14.3 Å². The van der Waals surface area contributed by atoms with Crippen LogP contribution < -0.4 is 0 Å². The molecule has 94 valence electrons. The van der Waals surface area contributed by atoms with E-state index in [0.29, 0.717) is 12.5 Å². The smallest absolute Gasteiger partial charge is 0.309 e. The maximum absolute atomic E-state index is 11.8. The number of benzene rings is 1. The van der Waals surface area contributed by atoms with Crippen LogP contribution in [0.1, 0.15) is 41.3 Å². The van der Waals surface area contributed by atoms with Crippen LogP contribution in [0.2, 0.25) is 0 Å². The lowest BCUT2D eigenvalue weighted by molar-refractivity contribution is -0.145. The molecule has 1 aromatic rings. The monoisotopic (exact) mass is 244 g/mol. The van der Waals surface area contributed by atoms with Gasteiger partial charge >= 0.3 is 5.97 Å². The van der Waals surface area contributed by atoms with Crippen LogP contribution in [0.5, 0.6) is 0 Å². The molecule has 2 aliphatic carbocycles. The van der Waals surface area contributed by atoms with E-state index in [2.05, 4.69) is 6.07 Å². The quantitative estimate of drug-likeness (QED) is 0.605. The van der Waals surface area contributed by atoms with E-state index in [4.69, 9.17) is 4.74 Å². The molecule has 0 saturated heterocycles. The summed E-state index contributed by atoms with van der Waals surface area (Å²) in [6, 6.07) is 5.86. The van der Waals surface area contributed by atoms with Gasteiger partial charge in [-0.15, -0.1) is 0 Å². The minimum Gasteiger partial charge on any atom is -0.466 e. The van der Waals surface area contributed by atoms with Crippen LogP contribution in [-0.4, -0.2) is 18.4 Å². The van der Waals surface area contributed by atoms with Crippen molar-refractivity contribution in [1.29, 1.82) is 0 Å². The number of rotatable bonds is 3. The molecule has 3 atom stereocenters. The molecule has 0 unspecified atom stereocenters. The summed E-state index contributed by atoms with van der Waals surface area (Å²) < 4.78 is 5.09. The minimum absolute atomic E-state index is 0.0158. The largest absolute Gasteiger partial charge is 0.466 e. The summed E-state index contributed by atoms with van der Waals surface area (Å²) in [5.41, 5.74) is 3.12. The van der Waals surface area contributed by atoms with Gasteiger partial charge in [0.25, 0.3) is 0 Å². The van der Waals surface area contributed by atoms with E-state index in [1.807, 2.05) is 19.1 Å². The Morgan fingerprint density at radius 1 is 1.39 bits per heavy atom. The standard InChI is InChI=1S/C15H16O3/c1-3-18-15(17)14-11-7-9-5-4-6-10(8(2)16)12(9)13(11)14/h4-6,11,13-14H,3,7H2,1-2H3/t11-,13-,14+/m0/s1. The van der Waals surface area contributed by atoms with E-state index in [9.17, 15) is 9.59 Å².